The van der Waals surface area contributed by atoms with Crippen LogP contribution >= 0.6 is 0 Å². The van der Waals surface area contributed by atoms with Crippen LogP contribution in [0, 0.1) is 41.4 Å². The predicted molar refractivity (Wildman–Crippen MR) is 87.1 cm³/mol. The molecule has 0 bridgehead atoms. The van der Waals surface area contributed by atoms with Gasteiger partial charge in [-0.25, -0.2) is 0 Å². The van der Waals surface area contributed by atoms with E-state index in [2.05, 4.69) is 55.0 Å². The first-order valence-electron chi connectivity index (χ1n) is 8.40. The Labute approximate surface area is 122 Å². The molecule has 0 aromatic carbocycles. The van der Waals surface area contributed by atoms with Crippen LogP contribution in [0.15, 0.2) is 12.2 Å². The van der Waals surface area contributed by atoms with Crippen LogP contribution in [-0.4, -0.2) is 0 Å². The molecule has 1 aliphatic carbocycles. The summed E-state index contributed by atoms with van der Waals surface area (Å²) in [6, 6.07) is 0. The maximum Gasteiger partial charge on any atom is -0.0294 e. The third-order valence-corrected chi connectivity index (χ3v) is 5.91. The molecule has 0 spiro atoms. The van der Waals surface area contributed by atoms with E-state index in [0.29, 0.717) is 0 Å². The molecule has 6 atom stereocenters. The summed E-state index contributed by atoms with van der Waals surface area (Å²) < 4.78 is 0. The second-order valence-corrected chi connectivity index (χ2v) is 7.98. The normalized spacial score (nSPS) is 37.4. The quantitative estimate of drug-likeness (QED) is 0.520. The summed E-state index contributed by atoms with van der Waals surface area (Å²) in [6.45, 7) is 21.2. The maximum absolute atomic E-state index is 4.31. The number of rotatable bonds is 5. The van der Waals surface area contributed by atoms with E-state index < -0.39 is 0 Å². The molecular formula is C19H36. The molecule has 0 aliphatic heterocycles. The van der Waals surface area contributed by atoms with Crippen molar-refractivity contribution in [1.82, 2.24) is 0 Å². The molecule has 0 N–H and O–H groups in total. The van der Waals surface area contributed by atoms with Gasteiger partial charge in [-0.3, -0.25) is 0 Å². The van der Waals surface area contributed by atoms with Crippen molar-refractivity contribution >= 4 is 0 Å². The summed E-state index contributed by atoms with van der Waals surface area (Å²) in [4.78, 5) is 0. The smallest absolute Gasteiger partial charge is 0.0294 e. The van der Waals surface area contributed by atoms with Gasteiger partial charge in [0.1, 0.15) is 0 Å². The average molecular weight is 264 g/mol. The van der Waals surface area contributed by atoms with Crippen LogP contribution in [0.5, 0.6) is 0 Å². The van der Waals surface area contributed by atoms with Crippen molar-refractivity contribution in [3.63, 3.8) is 0 Å². The summed E-state index contributed by atoms with van der Waals surface area (Å²) in [5.74, 6) is 5.96. The van der Waals surface area contributed by atoms with Crippen molar-refractivity contribution in [1.29, 1.82) is 0 Å². The predicted octanol–water partition coefficient (Wildman–Crippen LogP) is 6.18. The molecule has 1 fully saturated rings. The summed E-state index contributed by atoms with van der Waals surface area (Å²) in [5, 5.41) is 0. The van der Waals surface area contributed by atoms with E-state index in [0.717, 1.165) is 41.4 Å². The Hall–Kier alpha value is -0.260. The lowest BCUT2D eigenvalue weighted by Crippen LogP contribution is -2.38. The van der Waals surface area contributed by atoms with Crippen LogP contribution in [0.3, 0.4) is 0 Å². The first-order valence-corrected chi connectivity index (χ1v) is 8.40. The lowest BCUT2D eigenvalue weighted by molar-refractivity contribution is 0.0456. The molecule has 0 aromatic rings. The molecule has 0 heteroatoms. The van der Waals surface area contributed by atoms with E-state index in [4.69, 9.17) is 0 Å². The van der Waals surface area contributed by atoms with Gasteiger partial charge in [0.2, 0.25) is 0 Å². The molecule has 19 heavy (non-hydrogen) atoms. The fourth-order valence-electron chi connectivity index (χ4n) is 4.26. The summed E-state index contributed by atoms with van der Waals surface area (Å²) >= 11 is 0. The number of allylic oxidation sites excluding steroid dienone is 1. The van der Waals surface area contributed by atoms with Crippen molar-refractivity contribution < 1.29 is 0 Å². The molecule has 1 rings (SSSR count). The molecule has 0 saturated heterocycles. The molecule has 0 radical (unpaired) electrons. The summed E-state index contributed by atoms with van der Waals surface area (Å²) in [5.41, 5.74) is 1.47. The standard InChI is InChI=1S/C19H36/c1-12(2)9-13(3)10-15(5)19-11-14(4)16(6)17(7)18(19)8/h12,14-19H,3,9-11H2,1-2,4-8H3. The average Bonchev–Trinajstić information content (AvgIpc) is 2.29. The first-order chi connectivity index (χ1) is 8.73. The highest BCUT2D eigenvalue weighted by Gasteiger charge is 2.38. The fourth-order valence-corrected chi connectivity index (χ4v) is 4.26. The largest absolute Gasteiger partial charge is 0.0998 e. The van der Waals surface area contributed by atoms with Gasteiger partial charge in [0.05, 0.1) is 0 Å². The van der Waals surface area contributed by atoms with Crippen LogP contribution in [0.4, 0.5) is 0 Å². The van der Waals surface area contributed by atoms with Gasteiger partial charge in [0, 0.05) is 0 Å². The third kappa shape index (κ3) is 4.36. The topological polar surface area (TPSA) is 0 Å². The van der Waals surface area contributed by atoms with Gasteiger partial charge in [0.25, 0.3) is 0 Å². The molecule has 1 aliphatic rings. The molecule has 0 aromatic heterocycles. The van der Waals surface area contributed by atoms with E-state index in [9.17, 15) is 0 Å². The van der Waals surface area contributed by atoms with Gasteiger partial charge in [-0.05, 0) is 60.7 Å². The second-order valence-electron chi connectivity index (χ2n) is 7.98. The lowest BCUT2D eigenvalue weighted by atomic mass is 9.60. The molecule has 6 unspecified atom stereocenters. The fraction of sp³-hybridized carbons (Fsp3) is 0.895. The molecule has 112 valence electrons. The van der Waals surface area contributed by atoms with Gasteiger partial charge in [-0.2, -0.15) is 0 Å². The van der Waals surface area contributed by atoms with E-state index in [-0.39, 0.29) is 0 Å². The van der Waals surface area contributed by atoms with Crippen molar-refractivity contribution in [3.8, 4) is 0 Å². The zero-order valence-electron chi connectivity index (χ0n) is 14.4. The van der Waals surface area contributed by atoms with Crippen LogP contribution in [0.1, 0.15) is 67.7 Å². The molecular weight excluding hydrogens is 228 g/mol. The van der Waals surface area contributed by atoms with E-state index in [1.807, 2.05) is 0 Å². The Morgan fingerprint density at radius 1 is 0.947 bits per heavy atom. The van der Waals surface area contributed by atoms with Crippen molar-refractivity contribution in [2.24, 2.45) is 41.4 Å². The Morgan fingerprint density at radius 2 is 1.53 bits per heavy atom. The van der Waals surface area contributed by atoms with Gasteiger partial charge < -0.3 is 0 Å². The van der Waals surface area contributed by atoms with E-state index in [1.54, 1.807) is 0 Å². The molecule has 0 heterocycles. The highest BCUT2D eigenvalue weighted by Crippen LogP contribution is 2.45. The first kappa shape index (κ1) is 16.8. The lowest BCUT2D eigenvalue weighted by Gasteiger charge is -2.45. The zero-order valence-corrected chi connectivity index (χ0v) is 14.4. The minimum Gasteiger partial charge on any atom is -0.0998 e. The monoisotopic (exact) mass is 264 g/mol. The summed E-state index contributed by atoms with van der Waals surface area (Å²) in [6.07, 6.45) is 3.86. The van der Waals surface area contributed by atoms with Crippen LogP contribution in [0.2, 0.25) is 0 Å². The van der Waals surface area contributed by atoms with Gasteiger partial charge in [-0.15, -0.1) is 0 Å². The third-order valence-electron chi connectivity index (χ3n) is 5.91. The summed E-state index contributed by atoms with van der Waals surface area (Å²) in [7, 11) is 0. The van der Waals surface area contributed by atoms with Crippen LogP contribution in [-0.2, 0) is 0 Å². The number of hydrogen-bond donors (Lipinski definition) is 0. The Morgan fingerprint density at radius 3 is 2.05 bits per heavy atom. The highest BCUT2D eigenvalue weighted by molar-refractivity contribution is 4.98. The van der Waals surface area contributed by atoms with Gasteiger partial charge >= 0.3 is 0 Å². The maximum atomic E-state index is 4.31. The Bertz CT molecular complexity index is 288. The Kier molecular flexibility index (Phi) is 6.15. The SMILES string of the molecule is C=C(CC(C)C)CC(C)C1CC(C)C(C)C(C)C1C. The minimum absolute atomic E-state index is 0.751. The molecule has 0 nitrogen and oxygen atoms in total. The zero-order chi connectivity index (χ0) is 14.7. The Balaban J connectivity index is 2.60. The van der Waals surface area contributed by atoms with E-state index in [1.165, 1.54) is 24.8 Å². The van der Waals surface area contributed by atoms with Crippen LogP contribution in [0.25, 0.3) is 0 Å². The molecule has 1 saturated carbocycles. The highest BCUT2D eigenvalue weighted by atomic mass is 14.4. The van der Waals surface area contributed by atoms with Crippen molar-refractivity contribution in [2.75, 3.05) is 0 Å². The van der Waals surface area contributed by atoms with Crippen molar-refractivity contribution in [2.45, 2.75) is 67.7 Å². The van der Waals surface area contributed by atoms with Crippen LogP contribution < -0.4 is 0 Å². The van der Waals surface area contributed by atoms with E-state index >= 15 is 0 Å². The molecule has 0 amide bonds. The van der Waals surface area contributed by atoms with Gasteiger partial charge in [-0.1, -0.05) is 60.6 Å². The number of hydrogen-bond acceptors (Lipinski definition) is 0. The minimum atomic E-state index is 0.751. The second kappa shape index (κ2) is 6.95. The van der Waals surface area contributed by atoms with Gasteiger partial charge in [0.15, 0.2) is 0 Å². The van der Waals surface area contributed by atoms with Crippen molar-refractivity contribution in [3.05, 3.63) is 12.2 Å².